The summed E-state index contributed by atoms with van der Waals surface area (Å²) in [6, 6.07) is 6.03. The van der Waals surface area contributed by atoms with Crippen LogP contribution in [0.15, 0.2) is 18.2 Å². The number of methoxy groups -OCH3 is 1. The smallest absolute Gasteiger partial charge is 0.163 e. The number of halogens is 1. The van der Waals surface area contributed by atoms with Gasteiger partial charge in [0.25, 0.3) is 0 Å². The molecule has 0 spiro atoms. The number of para-hydroxylation sites is 1. The Morgan fingerprint density at radius 1 is 1.24 bits per heavy atom. The molecule has 1 rings (SSSR count). The second kappa shape index (κ2) is 8.24. The summed E-state index contributed by atoms with van der Waals surface area (Å²) >= 11 is 5.72. The number of hydrogen-bond donors (Lipinski definition) is 0. The van der Waals surface area contributed by atoms with Crippen molar-refractivity contribution in [3.05, 3.63) is 23.8 Å². The molecule has 0 atom stereocenters. The largest absolute Gasteiger partial charge is 0.493 e. The van der Waals surface area contributed by atoms with E-state index in [2.05, 4.69) is 13.0 Å². The van der Waals surface area contributed by atoms with Crippen molar-refractivity contribution in [2.75, 3.05) is 19.6 Å². The summed E-state index contributed by atoms with van der Waals surface area (Å²) in [6.07, 6.45) is 4.08. The van der Waals surface area contributed by atoms with Gasteiger partial charge in [0.05, 0.1) is 13.7 Å². The lowest BCUT2D eigenvalue weighted by molar-refractivity contribution is 0.287. The Hall–Kier alpha value is -0.890. The van der Waals surface area contributed by atoms with E-state index < -0.39 is 0 Å². The van der Waals surface area contributed by atoms with E-state index in [4.69, 9.17) is 21.1 Å². The van der Waals surface area contributed by atoms with Crippen LogP contribution in [-0.2, 0) is 6.42 Å². The molecule has 0 aliphatic carbocycles. The van der Waals surface area contributed by atoms with Gasteiger partial charge in [0.1, 0.15) is 0 Å². The number of aryl methyl sites for hydroxylation is 1. The van der Waals surface area contributed by atoms with Gasteiger partial charge in [-0.25, -0.2) is 0 Å². The molecule has 96 valence electrons. The van der Waals surface area contributed by atoms with E-state index in [9.17, 15) is 0 Å². The molecule has 1 aromatic rings. The second-order valence-corrected chi connectivity index (χ2v) is 4.32. The monoisotopic (exact) mass is 256 g/mol. The summed E-state index contributed by atoms with van der Waals surface area (Å²) in [6.45, 7) is 2.89. The van der Waals surface area contributed by atoms with E-state index in [1.807, 2.05) is 12.1 Å². The highest BCUT2D eigenvalue weighted by molar-refractivity contribution is 6.17. The molecular weight excluding hydrogens is 236 g/mol. The zero-order valence-electron chi connectivity index (χ0n) is 10.7. The molecule has 0 saturated carbocycles. The number of ether oxygens (including phenoxy) is 2. The highest BCUT2D eigenvalue weighted by Gasteiger charge is 2.09. The van der Waals surface area contributed by atoms with Crippen molar-refractivity contribution in [3.63, 3.8) is 0 Å². The van der Waals surface area contributed by atoms with Gasteiger partial charge in [-0.1, -0.05) is 25.5 Å². The maximum atomic E-state index is 5.73. The van der Waals surface area contributed by atoms with Crippen molar-refractivity contribution < 1.29 is 9.47 Å². The Labute approximate surface area is 109 Å². The van der Waals surface area contributed by atoms with E-state index >= 15 is 0 Å². The van der Waals surface area contributed by atoms with Crippen molar-refractivity contribution in [2.24, 2.45) is 0 Å². The first kappa shape index (κ1) is 14.2. The summed E-state index contributed by atoms with van der Waals surface area (Å²) in [5.74, 6) is 2.37. The highest BCUT2D eigenvalue weighted by Crippen LogP contribution is 2.32. The van der Waals surface area contributed by atoms with Crippen LogP contribution in [0.5, 0.6) is 11.5 Å². The zero-order valence-corrected chi connectivity index (χ0v) is 11.4. The average Bonchev–Trinajstić information content (AvgIpc) is 2.36. The number of alkyl halides is 1. The second-order valence-electron chi connectivity index (χ2n) is 3.94. The molecule has 2 nitrogen and oxygen atoms in total. The topological polar surface area (TPSA) is 18.5 Å². The lowest BCUT2D eigenvalue weighted by Gasteiger charge is -2.14. The first-order chi connectivity index (χ1) is 8.33. The van der Waals surface area contributed by atoms with Crippen molar-refractivity contribution in [2.45, 2.75) is 32.6 Å². The normalized spacial score (nSPS) is 10.3. The Kier molecular flexibility index (Phi) is 6.87. The van der Waals surface area contributed by atoms with Gasteiger partial charge in [-0.3, -0.25) is 0 Å². The maximum absolute atomic E-state index is 5.73. The van der Waals surface area contributed by atoms with Crippen LogP contribution < -0.4 is 9.47 Å². The van der Waals surface area contributed by atoms with E-state index in [1.165, 1.54) is 5.56 Å². The Balaban J connectivity index is 2.74. The van der Waals surface area contributed by atoms with Crippen LogP contribution in [-0.4, -0.2) is 19.6 Å². The molecule has 0 N–H and O–H groups in total. The molecule has 0 heterocycles. The van der Waals surface area contributed by atoms with Gasteiger partial charge >= 0.3 is 0 Å². The third-order valence-electron chi connectivity index (χ3n) is 2.60. The van der Waals surface area contributed by atoms with E-state index in [1.54, 1.807) is 7.11 Å². The minimum Gasteiger partial charge on any atom is -0.493 e. The van der Waals surface area contributed by atoms with Gasteiger partial charge < -0.3 is 9.47 Å². The molecule has 0 radical (unpaired) electrons. The minimum atomic E-state index is 0.671. The van der Waals surface area contributed by atoms with E-state index in [0.717, 1.165) is 43.8 Å². The van der Waals surface area contributed by atoms with Crippen molar-refractivity contribution in [1.29, 1.82) is 0 Å². The Morgan fingerprint density at radius 3 is 2.71 bits per heavy atom. The number of benzene rings is 1. The summed E-state index contributed by atoms with van der Waals surface area (Å²) in [5.41, 5.74) is 1.17. The first-order valence-corrected chi connectivity index (χ1v) is 6.71. The minimum absolute atomic E-state index is 0.671. The van der Waals surface area contributed by atoms with Crippen LogP contribution in [0.4, 0.5) is 0 Å². The fourth-order valence-corrected chi connectivity index (χ4v) is 1.82. The molecule has 0 aliphatic rings. The average molecular weight is 257 g/mol. The maximum Gasteiger partial charge on any atom is 0.163 e. The Morgan fingerprint density at radius 2 is 2.06 bits per heavy atom. The lowest BCUT2D eigenvalue weighted by Crippen LogP contribution is -2.01. The fourth-order valence-electron chi connectivity index (χ4n) is 1.69. The van der Waals surface area contributed by atoms with Gasteiger partial charge in [-0.15, -0.1) is 11.6 Å². The van der Waals surface area contributed by atoms with Crippen molar-refractivity contribution in [1.82, 2.24) is 0 Å². The number of unbranched alkanes of at least 4 members (excludes halogenated alkanes) is 1. The molecule has 1 aromatic carbocycles. The SMILES string of the molecule is CCCCOc1cccc(CCCCl)c1OC. The fraction of sp³-hybridized carbons (Fsp3) is 0.571. The number of rotatable bonds is 8. The molecule has 0 saturated heterocycles. The predicted molar refractivity (Wildman–Crippen MR) is 72.4 cm³/mol. The van der Waals surface area contributed by atoms with E-state index in [0.29, 0.717) is 5.88 Å². The molecule has 0 unspecified atom stereocenters. The van der Waals surface area contributed by atoms with Gasteiger partial charge in [-0.2, -0.15) is 0 Å². The molecule has 3 heteroatoms. The quantitative estimate of drug-likeness (QED) is 0.516. The first-order valence-electron chi connectivity index (χ1n) is 6.18. The molecule has 0 fully saturated rings. The van der Waals surface area contributed by atoms with Gasteiger partial charge in [0.15, 0.2) is 11.5 Å². The molecule has 0 bridgehead atoms. The van der Waals surface area contributed by atoms with E-state index in [-0.39, 0.29) is 0 Å². The summed E-state index contributed by atoms with van der Waals surface area (Å²) < 4.78 is 11.2. The van der Waals surface area contributed by atoms with Crippen molar-refractivity contribution >= 4 is 11.6 Å². The molecule has 0 amide bonds. The van der Waals surface area contributed by atoms with Crippen LogP contribution in [0.1, 0.15) is 31.7 Å². The molecular formula is C14H21ClO2. The standard InChI is InChI=1S/C14H21ClO2/c1-3-4-11-17-13-9-5-7-12(8-6-10-15)14(13)16-2/h5,7,9H,3-4,6,8,10-11H2,1-2H3. The Bertz CT molecular complexity index is 326. The molecule has 0 aromatic heterocycles. The lowest BCUT2D eigenvalue weighted by atomic mass is 10.1. The van der Waals surface area contributed by atoms with Crippen LogP contribution in [0.3, 0.4) is 0 Å². The van der Waals surface area contributed by atoms with Crippen LogP contribution >= 0.6 is 11.6 Å². The summed E-state index contributed by atoms with van der Waals surface area (Å²) in [7, 11) is 1.69. The van der Waals surface area contributed by atoms with Gasteiger partial charge in [0, 0.05) is 5.88 Å². The van der Waals surface area contributed by atoms with Crippen LogP contribution in [0, 0.1) is 0 Å². The van der Waals surface area contributed by atoms with Gasteiger partial charge in [0.2, 0.25) is 0 Å². The van der Waals surface area contributed by atoms with Crippen LogP contribution in [0.2, 0.25) is 0 Å². The highest BCUT2D eigenvalue weighted by atomic mass is 35.5. The predicted octanol–water partition coefficient (Wildman–Crippen LogP) is 4.05. The molecule has 17 heavy (non-hydrogen) atoms. The van der Waals surface area contributed by atoms with Crippen LogP contribution in [0.25, 0.3) is 0 Å². The molecule has 0 aliphatic heterocycles. The zero-order chi connectivity index (χ0) is 12.5. The summed E-state index contributed by atoms with van der Waals surface area (Å²) in [4.78, 5) is 0. The number of hydrogen-bond acceptors (Lipinski definition) is 2. The van der Waals surface area contributed by atoms with Crippen molar-refractivity contribution in [3.8, 4) is 11.5 Å². The summed E-state index contributed by atoms with van der Waals surface area (Å²) in [5, 5.41) is 0. The third-order valence-corrected chi connectivity index (χ3v) is 2.87. The van der Waals surface area contributed by atoms with Gasteiger partial charge in [-0.05, 0) is 30.9 Å². The third kappa shape index (κ3) is 4.47.